The minimum atomic E-state index is 0. The molecule has 0 amide bonds. The maximum absolute atomic E-state index is 2.55. The highest BCUT2D eigenvalue weighted by atomic mass is 35.5. The van der Waals surface area contributed by atoms with E-state index in [0.29, 0.717) is 0 Å². The lowest BCUT2D eigenvalue weighted by atomic mass is 10.0. The van der Waals surface area contributed by atoms with Gasteiger partial charge in [-0.05, 0) is 43.1 Å². The number of piperazine rings is 1. The largest absolute Gasteiger partial charge is 0.369 e. The van der Waals surface area contributed by atoms with Gasteiger partial charge in [0.05, 0.1) is 0 Å². The number of halogens is 1. The van der Waals surface area contributed by atoms with Gasteiger partial charge in [-0.15, -0.1) is 12.4 Å². The molecule has 0 unspecified atom stereocenters. The van der Waals surface area contributed by atoms with Crippen molar-refractivity contribution in [2.75, 3.05) is 38.1 Å². The van der Waals surface area contributed by atoms with Crippen molar-refractivity contribution < 1.29 is 0 Å². The molecular weight excluding hydrogens is 292 g/mol. The summed E-state index contributed by atoms with van der Waals surface area (Å²) in [6.07, 6.45) is 1.02. The van der Waals surface area contributed by atoms with E-state index >= 15 is 0 Å². The Bertz CT molecular complexity index is 590. The maximum Gasteiger partial charge on any atom is 0.0405 e. The Balaban J connectivity index is 0.00000176. The fourth-order valence-corrected chi connectivity index (χ4v) is 2.98. The summed E-state index contributed by atoms with van der Waals surface area (Å²) in [5.41, 5.74) is 5.60. The lowest BCUT2D eigenvalue weighted by Gasteiger charge is -2.35. The van der Waals surface area contributed by atoms with Crippen LogP contribution in [-0.2, 0) is 6.42 Å². The van der Waals surface area contributed by atoms with Gasteiger partial charge in [0.15, 0.2) is 0 Å². The highest BCUT2D eigenvalue weighted by Gasteiger charge is 2.17. The first-order chi connectivity index (χ1) is 10.2. The maximum atomic E-state index is 2.55. The number of anilines is 1. The molecule has 0 saturated carbocycles. The van der Waals surface area contributed by atoms with Gasteiger partial charge in [0, 0.05) is 31.9 Å². The van der Waals surface area contributed by atoms with E-state index in [9.17, 15) is 0 Å². The van der Waals surface area contributed by atoms with E-state index in [-0.39, 0.29) is 12.4 Å². The summed E-state index contributed by atoms with van der Waals surface area (Å²) in [4.78, 5) is 4.95. The van der Waals surface area contributed by atoms with Crippen molar-refractivity contribution >= 4 is 18.1 Å². The molecule has 1 saturated heterocycles. The topological polar surface area (TPSA) is 6.48 Å². The Labute approximate surface area is 140 Å². The summed E-state index contributed by atoms with van der Waals surface area (Å²) in [7, 11) is 2.21. The molecule has 0 spiro atoms. The second-order valence-corrected chi connectivity index (χ2v) is 6.08. The molecule has 22 heavy (non-hydrogen) atoms. The summed E-state index contributed by atoms with van der Waals surface area (Å²) >= 11 is 0. The van der Waals surface area contributed by atoms with Crippen LogP contribution in [0.3, 0.4) is 0 Å². The fourth-order valence-electron chi connectivity index (χ4n) is 2.98. The van der Waals surface area contributed by atoms with Crippen LogP contribution >= 0.6 is 12.4 Å². The zero-order valence-electron chi connectivity index (χ0n) is 13.5. The van der Waals surface area contributed by atoms with Crippen molar-refractivity contribution in [3.05, 3.63) is 65.2 Å². The SMILES string of the molecule is Cc1ccc(Cc2ccccc2)c(N2CCN(C)CC2)c1.Cl. The van der Waals surface area contributed by atoms with Gasteiger partial charge in [-0.25, -0.2) is 0 Å². The van der Waals surface area contributed by atoms with Crippen molar-refractivity contribution in [3.63, 3.8) is 0 Å². The summed E-state index contributed by atoms with van der Waals surface area (Å²) in [5.74, 6) is 0. The predicted octanol–water partition coefficient (Wildman–Crippen LogP) is 3.76. The van der Waals surface area contributed by atoms with Crippen molar-refractivity contribution in [2.24, 2.45) is 0 Å². The number of nitrogens with zero attached hydrogens (tertiary/aromatic N) is 2. The standard InChI is InChI=1S/C19H24N2.ClH/c1-16-8-9-18(15-17-6-4-3-5-7-17)19(14-16)21-12-10-20(2)11-13-21;/h3-9,14H,10-13,15H2,1-2H3;1H. The zero-order chi connectivity index (χ0) is 14.7. The zero-order valence-corrected chi connectivity index (χ0v) is 14.3. The lowest BCUT2D eigenvalue weighted by Crippen LogP contribution is -2.44. The summed E-state index contributed by atoms with van der Waals surface area (Å²) in [6.45, 7) is 6.74. The monoisotopic (exact) mass is 316 g/mol. The molecule has 2 aromatic carbocycles. The van der Waals surface area contributed by atoms with Crippen molar-refractivity contribution in [3.8, 4) is 0 Å². The molecule has 0 aromatic heterocycles. The third-order valence-corrected chi connectivity index (χ3v) is 4.32. The molecule has 0 aliphatic carbocycles. The first-order valence-electron chi connectivity index (χ1n) is 7.79. The van der Waals surface area contributed by atoms with E-state index in [1.165, 1.54) is 22.4 Å². The molecule has 0 N–H and O–H groups in total. The molecule has 0 radical (unpaired) electrons. The summed E-state index contributed by atoms with van der Waals surface area (Å²) < 4.78 is 0. The Morgan fingerprint density at radius 2 is 1.59 bits per heavy atom. The van der Waals surface area contributed by atoms with Gasteiger partial charge in [-0.1, -0.05) is 42.5 Å². The molecule has 1 aliphatic rings. The normalized spacial score (nSPS) is 15.5. The number of hydrogen-bond donors (Lipinski definition) is 0. The van der Waals surface area contributed by atoms with Crippen LogP contribution < -0.4 is 4.90 Å². The quantitative estimate of drug-likeness (QED) is 0.850. The minimum absolute atomic E-state index is 0. The van der Waals surface area contributed by atoms with Crippen LogP contribution in [0, 0.1) is 6.92 Å². The summed E-state index contributed by atoms with van der Waals surface area (Å²) in [5, 5.41) is 0. The third kappa shape index (κ3) is 4.02. The van der Waals surface area contributed by atoms with Gasteiger partial charge in [0.1, 0.15) is 0 Å². The van der Waals surface area contributed by atoms with Crippen LogP contribution in [0.1, 0.15) is 16.7 Å². The number of rotatable bonds is 3. The average molecular weight is 317 g/mol. The minimum Gasteiger partial charge on any atom is -0.369 e. The lowest BCUT2D eigenvalue weighted by molar-refractivity contribution is 0.312. The van der Waals surface area contributed by atoms with E-state index in [1.807, 2.05) is 0 Å². The molecule has 2 nitrogen and oxygen atoms in total. The highest BCUT2D eigenvalue weighted by Crippen LogP contribution is 2.25. The number of benzene rings is 2. The highest BCUT2D eigenvalue weighted by molar-refractivity contribution is 5.85. The number of hydrogen-bond acceptors (Lipinski definition) is 2. The Morgan fingerprint density at radius 1 is 0.909 bits per heavy atom. The van der Waals surface area contributed by atoms with Crippen LogP contribution in [0.5, 0.6) is 0 Å². The van der Waals surface area contributed by atoms with Crippen molar-refractivity contribution in [1.82, 2.24) is 4.90 Å². The molecule has 118 valence electrons. The van der Waals surface area contributed by atoms with Gasteiger partial charge in [-0.2, -0.15) is 0 Å². The third-order valence-electron chi connectivity index (χ3n) is 4.32. The first kappa shape index (κ1) is 16.9. The Kier molecular flexibility index (Phi) is 5.87. The molecule has 0 bridgehead atoms. The molecule has 3 heteroatoms. The molecule has 3 rings (SSSR count). The van der Waals surface area contributed by atoms with Crippen LogP contribution in [0.15, 0.2) is 48.5 Å². The Morgan fingerprint density at radius 3 is 2.27 bits per heavy atom. The van der Waals surface area contributed by atoms with Gasteiger partial charge < -0.3 is 9.80 Å². The Hall–Kier alpha value is -1.51. The molecule has 0 atom stereocenters. The van der Waals surface area contributed by atoms with Crippen molar-refractivity contribution in [2.45, 2.75) is 13.3 Å². The van der Waals surface area contributed by atoms with E-state index in [4.69, 9.17) is 0 Å². The number of aryl methyl sites for hydroxylation is 1. The second-order valence-electron chi connectivity index (χ2n) is 6.08. The molecule has 1 aliphatic heterocycles. The van der Waals surface area contributed by atoms with E-state index < -0.39 is 0 Å². The van der Waals surface area contributed by atoms with Crippen LogP contribution in [0.2, 0.25) is 0 Å². The van der Waals surface area contributed by atoms with Crippen LogP contribution in [0.25, 0.3) is 0 Å². The van der Waals surface area contributed by atoms with Gasteiger partial charge in [-0.3, -0.25) is 0 Å². The second kappa shape index (κ2) is 7.66. The smallest absolute Gasteiger partial charge is 0.0405 e. The predicted molar refractivity (Wildman–Crippen MR) is 97.4 cm³/mol. The van der Waals surface area contributed by atoms with Gasteiger partial charge in [0.25, 0.3) is 0 Å². The van der Waals surface area contributed by atoms with Crippen LogP contribution in [0.4, 0.5) is 5.69 Å². The van der Waals surface area contributed by atoms with Crippen LogP contribution in [-0.4, -0.2) is 38.1 Å². The number of likely N-dealkylation sites (N-methyl/N-ethyl adjacent to an activating group) is 1. The first-order valence-corrected chi connectivity index (χ1v) is 7.79. The van der Waals surface area contributed by atoms with E-state index in [1.54, 1.807) is 0 Å². The van der Waals surface area contributed by atoms with Gasteiger partial charge >= 0.3 is 0 Å². The average Bonchev–Trinajstić information content (AvgIpc) is 2.51. The molecule has 2 aromatic rings. The summed E-state index contributed by atoms with van der Waals surface area (Å²) in [6, 6.07) is 17.6. The van der Waals surface area contributed by atoms with E-state index in [0.717, 1.165) is 32.6 Å². The van der Waals surface area contributed by atoms with Gasteiger partial charge in [0.2, 0.25) is 0 Å². The van der Waals surface area contributed by atoms with E-state index in [2.05, 4.69) is 72.3 Å². The molecule has 1 heterocycles. The molecular formula is C19H25ClN2. The fraction of sp³-hybridized carbons (Fsp3) is 0.368. The molecule has 1 fully saturated rings. The van der Waals surface area contributed by atoms with Crippen molar-refractivity contribution in [1.29, 1.82) is 0 Å².